The summed E-state index contributed by atoms with van der Waals surface area (Å²) in [6.07, 6.45) is 0. The minimum atomic E-state index is 0.698. The van der Waals surface area contributed by atoms with Gasteiger partial charge in [-0.2, -0.15) is 0 Å². The normalized spacial score (nSPS) is 11.5. The van der Waals surface area contributed by atoms with Crippen molar-refractivity contribution in [3.05, 3.63) is 267 Å². The first-order valence-corrected chi connectivity index (χ1v) is 25.1. The molecular formula is C70H44N4. The Labute approximate surface area is 428 Å². The molecule has 4 heteroatoms. The van der Waals surface area contributed by atoms with Crippen LogP contribution in [0.3, 0.4) is 0 Å². The maximum Gasteiger partial charge on any atom is 0.160 e. The van der Waals surface area contributed by atoms with Crippen LogP contribution in [0, 0.1) is 0 Å². The molecule has 12 aromatic carbocycles. The Morgan fingerprint density at radius 3 is 0.932 bits per heavy atom. The number of hydrogen-bond donors (Lipinski definition) is 0. The van der Waals surface area contributed by atoms with E-state index in [2.05, 4.69) is 267 Å². The van der Waals surface area contributed by atoms with Crippen molar-refractivity contribution in [1.82, 2.24) is 19.9 Å². The van der Waals surface area contributed by atoms with Gasteiger partial charge in [0.1, 0.15) is 0 Å². The number of benzene rings is 12. The minimum absolute atomic E-state index is 0.698. The van der Waals surface area contributed by atoms with Gasteiger partial charge in [-0.1, -0.05) is 243 Å². The molecule has 4 nitrogen and oxygen atoms in total. The highest BCUT2D eigenvalue weighted by atomic mass is 14.9. The SMILES string of the molecule is c1ccc2cc(-c3nc(-c4ccc(-c5cccc6c(-c7ccc(-c8cc(-c9cccc%10ccccc9%10)nc(-c9ccc%10ccccc%10c9)n8)cc7)cccc56)cc4)cc(-c4cccc5ccccc45)n3)ccc2c1. The first-order valence-electron chi connectivity index (χ1n) is 25.1. The van der Waals surface area contributed by atoms with Gasteiger partial charge in [-0.25, -0.2) is 19.9 Å². The third-order valence-corrected chi connectivity index (χ3v) is 14.5. The Hall–Kier alpha value is -9.90. The molecule has 74 heavy (non-hydrogen) atoms. The van der Waals surface area contributed by atoms with E-state index < -0.39 is 0 Å². The smallest absolute Gasteiger partial charge is 0.160 e. The molecule has 2 aromatic heterocycles. The zero-order valence-electron chi connectivity index (χ0n) is 40.2. The van der Waals surface area contributed by atoms with Crippen LogP contribution in [-0.4, -0.2) is 19.9 Å². The zero-order valence-corrected chi connectivity index (χ0v) is 40.2. The molecule has 0 saturated heterocycles. The third-order valence-electron chi connectivity index (χ3n) is 14.5. The average molecular weight is 941 g/mol. The van der Waals surface area contributed by atoms with E-state index in [0.717, 1.165) is 88.8 Å². The van der Waals surface area contributed by atoms with E-state index in [9.17, 15) is 0 Å². The van der Waals surface area contributed by atoms with E-state index in [1.54, 1.807) is 0 Å². The van der Waals surface area contributed by atoms with Gasteiger partial charge in [0, 0.05) is 33.4 Å². The molecule has 2 heterocycles. The summed E-state index contributed by atoms with van der Waals surface area (Å²) < 4.78 is 0. The Morgan fingerprint density at radius 1 is 0.176 bits per heavy atom. The molecule has 0 amide bonds. The second-order valence-corrected chi connectivity index (χ2v) is 19.0. The van der Waals surface area contributed by atoms with Crippen LogP contribution in [0.4, 0.5) is 0 Å². The molecule has 0 saturated carbocycles. The van der Waals surface area contributed by atoms with Crippen LogP contribution in [0.2, 0.25) is 0 Å². The van der Waals surface area contributed by atoms with Crippen LogP contribution in [0.1, 0.15) is 0 Å². The van der Waals surface area contributed by atoms with Crippen molar-refractivity contribution in [2.45, 2.75) is 0 Å². The van der Waals surface area contributed by atoms with Gasteiger partial charge in [0.15, 0.2) is 11.6 Å². The lowest BCUT2D eigenvalue weighted by Gasteiger charge is -2.14. The molecule has 0 aliphatic carbocycles. The van der Waals surface area contributed by atoms with Crippen molar-refractivity contribution in [1.29, 1.82) is 0 Å². The number of aromatic nitrogens is 4. The number of nitrogens with zero attached hydrogens (tertiary/aromatic N) is 4. The maximum atomic E-state index is 5.25. The highest BCUT2D eigenvalue weighted by molar-refractivity contribution is 6.05. The largest absolute Gasteiger partial charge is 0.228 e. The van der Waals surface area contributed by atoms with Gasteiger partial charge < -0.3 is 0 Å². The van der Waals surface area contributed by atoms with E-state index in [-0.39, 0.29) is 0 Å². The van der Waals surface area contributed by atoms with Crippen LogP contribution < -0.4 is 0 Å². The number of rotatable bonds is 8. The first-order chi connectivity index (χ1) is 36.6. The number of fused-ring (bicyclic) bond motifs is 5. The van der Waals surface area contributed by atoms with Crippen LogP contribution >= 0.6 is 0 Å². The summed E-state index contributed by atoms with van der Waals surface area (Å²) in [7, 11) is 0. The van der Waals surface area contributed by atoms with Crippen molar-refractivity contribution in [3.8, 4) is 90.1 Å². The Balaban J connectivity index is 0.816. The van der Waals surface area contributed by atoms with E-state index in [1.807, 2.05) is 0 Å². The van der Waals surface area contributed by atoms with E-state index in [4.69, 9.17) is 19.9 Å². The molecule has 0 bridgehead atoms. The second-order valence-electron chi connectivity index (χ2n) is 19.0. The van der Waals surface area contributed by atoms with Gasteiger partial charge in [0.05, 0.1) is 22.8 Å². The highest BCUT2D eigenvalue weighted by Crippen LogP contribution is 2.39. The quantitative estimate of drug-likeness (QED) is 0.152. The van der Waals surface area contributed by atoms with Crippen LogP contribution in [-0.2, 0) is 0 Å². The van der Waals surface area contributed by atoms with Crippen molar-refractivity contribution in [2.75, 3.05) is 0 Å². The molecule has 0 atom stereocenters. The molecule has 0 radical (unpaired) electrons. The standard InChI is InChI=1S/C70H44N4/c1-3-17-53-41-55(39-29-45(53)13-1)69-71-65(43-67(73-69)63-27-9-19-47-15-5-7-21-59(47)63)51-35-31-49(32-36-51)57-23-11-26-62-58(24-12-25-61(57)62)50-33-37-52(38-34-50)66-44-68(64-28-10-20-48-16-6-8-22-60(48)64)74-70(72-66)56-40-30-46-14-2-4-18-54(46)42-56/h1-44H. The Morgan fingerprint density at radius 2 is 0.486 bits per heavy atom. The molecule has 344 valence electrons. The summed E-state index contributed by atoms with van der Waals surface area (Å²) in [5, 5.41) is 11.8. The van der Waals surface area contributed by atoms with Crippen LogP contribution in [0.5, 0.6) is 0 Å². The lowest BCUT2D eigenvalue weighted by atomic mass is 9.92. The lowest BCUT2D eigenvalue weighted by Crippen LogP contribution is -1.96. The predicted octanol–water partition coefficient (Wildman–Crippen LogP) is 18.4. The van der Waals surface area contributed by atoms with Crippen molar-refractivity contribution < 1.29 is 0 Å². The fourth-order valence-corrected chi connectivity index (χ4v) is 10.7. The van der Waals surface area contributed by atoms with Crippen LogP contribution in [0.25, 0.3) is 144 Å². The Kier molecular flexibility index (Phi) is 10.5. The molecule has 0 unspecified atom stereocenters. The van der Waals surface area contributed by atoms with E-state index >= 15 is 0 Å². The van der Waals surface area contributed by atoms with Gasteiger partial charge in [-0.3, -0.25) is 0 Å². The summed E-state index contributed by atoms with van der Waals surface area (Å²) in [4.78, 5) is 21.0. The summed E-state index contributed by atoms with van der Waals surface area (Å²) in [6, 6.07) is 94.9. The fraction of sp³-hybridized carbons (Fsp3) is 0. The van der Waals surface area contributed by atoms with Crippen molar-refractivity contribution in [3.63, 3.8) is 0 Å². The van der Waals surface area contributed by atoms with Gasteiger partial charge in [-0.05, 0) is 100 Å². The second kappa shape index (κ2) is 18.1. The summed E-state index contributed by atoms with van der Waals surface area (Å²) in [5.74, 6) is 1.40. The highest BCUT2D eigenvalue weighted by Gasteiger charge is 2.17. The van der Waals surface area contributed by atoms with Crippen LogP contribution in [0.15, 0.2) is 267 Å². The van der Waals surface area contributed by atoms with Gasteiger partial charge in [0.2, 0.25) is 0 Å². The Bertz CT molecular complexity index is 4180. The summed E-state index contributed by atoms with van der Waals surface area (Å²) in [6.45, 7) is 0. The summed E-state index contributed by atoms with van der Waals surface area (Å²) >= 11 is 0. The third kappa shape index (κ3) is 7.83. The van der Waals surface area contributed by atoms with Gasteiger partial charge >= 0.3 is 0 Å². The van der Waals surface area contributed by atoms with E-state index in [1.165, 1.54) is 43.4 Å². The average Bonchev–Trinajstić information content (AvgIpc) is 3.48. The molecular weight excluding hydrogens is 897 g/mol. The molecule has 0 aliphatic rings. The maximum absolute atomic E-state index is 5.25. The molecule has 0 N–H and O–H groups in total. The topological polar surface area (TPSA) is 51.6 Å². The van der Waals surface area contributed by atoms with Gasteiger partial charge in [0.25, 0.3) is 0 Å². The zero-order chi connectivity index (χ0) is 49.0. The molecule has 0 fully saturated rings. The first kappa shape index (κ1) is 42.9. The lowest BCUT2D eigenvalue weighted by molar-refractivity contribution is 1.19. The molecule has 0 spiro atoms. The molecule has 14 rings (SSSR count). The molecule has 14 aromatic rings. The monoisotopic (exact) mass is 940 g/mol. The van der Waals surface area contributed by atoms with Crippen molar-refractivity contribution in [2.24, 2.45) is 0 Å². The number of hydrogen-bond acceptors (Lipinski definition) is 4. The van der Waals surface area contributed by atoms with Gasteiger partial charge in [-0.15, -0.1) is 0 Å². The van der Waals surface area contributed by atoms with E-state index in [0.29, 0.717) is 11.6 Å². The fourth-order valence-electron chi connectivity index (χ4n) is 10.7. The molecule has 0 aliphatic heterocycles. The van der Waals surface area contributed by atoms with Crippen molar-refractivity contribution >= 4 is 53.9 Å². The summed E-state index contributed by atoms with van der Waals surface area (Å²) in [5.41, 5.74) is 14.3. The minimum Gasteiger partial charge on any atom is -0.228 e. The predicted molar refractivity (Wildman–Crippen MR) is 309 cm³/mol.